The van der Waals surface area contributed by atoms with Gasteiger partial charge in [0.25, 0.3) is 0 Å². The predicted octanol–water partition coefficient (Wildman–Crippen LogP) is 2.98. The number of hydrogen-bond acceptors (Lipinski definition) is 3. The first-order valence-corrected chi connectivity index (χ1v) is 6.03. The average Bonchev–Trinajstić information content (AvgIpc) is 2.35. The van der Waals surface area contributed by atoms with Gasteiger partial charge in [-0.1, -0.05) is 25.1 Å². The fraction of sp³-hybridized carbons (Fsp3) is 0.538. The first-order valence-electron chi connectivity index (χ1n) is 6.03. The summed E-state index contributed by atoms with van der Waals surface area (Å²) in [7, 11) is 0. The molecule has 1 N–H and O–H groups in total. The van der Waals surface area contributed by atoms with Crippen molar-refractivity contribution in [1.29, 1.82) is 0 Å². The van der Waals surface area contributed by atoms with Gasteiger partial charge in [0.1, 0.15) is 5.75 Å². The zero-order valence-corrected chi connectivity index (χ0v) is 10.7. The topological polar surface area (TPSA) is 30.5 Å². The molecule has 0 spiro atoms. The first kappa shape index (κ1) is 14.9. The molecule has 1 atom stereocenters. The van der Waals surface area contributed by atoms with Crippen LogP contribution in [0.1, 0.15) is 25.5 Å². The van der Waals surface area contributed by atoms with Crippen LogP contribution >= 0.6 is 0 Å². The van der Waals surface area contributed by atoms with Gasteiger partial charge in [-0.25, -0.2) is 0 Å². The lowest BCUT2D eigenvalue weighted by atomic mass is 10.1. The fourth-order valence-corrected chi connectivity index (χ4v) is 1.71. The number of rotatable bonds is 8. The van der Waals surface area contributed by atoms with E-state index < -0.39 is 6.61 Å². The summed E-state index contributed by atoms with van der Waals surface area (Å²) in [6, 6.07) is 6.63. The zero-order valence-electron chi connectivity index (χ0n) is 10.7. The van der Waals surface area contributed by atoms with Crippen molar-refractivity contribution in [3.63, 3.8) is 0 Å². The molecule has 0 saturated heterocycles. The van der Waals surface area contributed by atoms with Crippen LogP contribution in [-0.2, 0) is 4.74 Å². The minimum Gasteiger partial charge on any atom is -0.434 e. The molecule has 0 aliphatic rings. The van der Waals surface area contributed by atoms with E-state index in [0.717, 1.165) is 6.54 Å². The summed E-state index contributed by atoms with van der Waals surface area (Å²) in [5.41, 5.74) is 0.688. The van der Waals surface area contributed by atoms with Crippen LogP contribution in [0.5, 0.6) is 5.75 Å². The highest BCUT2D eigenvalue weighted by molar-refractivity contribution is 5.36. The largest absolute Gasteiger partial charge is 0.434 e. The minimum absolute atomic E-state index is 0.148. The number of benzene rings is 1. The van der Waals surface area contributed by atoms with Gasteiger partial charge >= 0.3 is 6.61 Å². The third-order valence-electron chi connectivity index (χ3n) is 2.45. The number of halogens is 2. The van der Waals surface area contributed by atoms with Gasteiger partial charge in [0.05, 0.1) is 12.6 Å². The maximum absolute atomic E-state index is 12.3. The fourth-order valence-electron chi connectivity index (χ4n) is 1.71. The molecule has 0 aliphatic heterocycles. The monoisotopic (exact) mass is 259 g/mol. The second-order valence-corrected chi connectivity index (χ2v) is 3.69. The van der Waals surface area contributed by atoms with Crippen LogP contribution in [0.25, 0.3) is 0 Å². The molecule has 5 heteroatoms. The molecule has 0 aliphatic carbocycles. The van der Waals surface area contributed by atoms with E-state index in [2.05, 4.69) is 10.1 Å². The lowest BCUT2D eigenvalue weighted by Gasteiger charge is -2.21. The number of para-hydroxylation sites is 1. The summed E-state index contributed by atoms with van der Waals surface area (Å²) in [6.45, 7) is 2.76. The third kappa shape index (κ3) is 4.58. The van der Waals surface area contributed by atoms with Crippen LogP contribution in [0.4, 0.5) is 8.78 Å². The average molecular weight is 259 g/mol. The Bertz CT molecular complexity index is 348. The van der Waals surface area contributed by atoms with Crippen LogP contribution in [0.2, 0.25) is 0 Å². The SMILES string of the molecule is CCNC(COCC)c1ccccc1OC(F)F. The van der Waals surface area contributed by atoms with E-state index in [0.29, 0.717) is 18.8 Å². The number of ether oxygens (including phenoxy) is 2. The number of likely N-dealkylation sites (N-methyl/N-ethyl adjacent to an activating group) is 1. The van der Waals surface area contributed by atoms with Crippen molar-refractivity contribution in [3.05, 3.63) is 29.8 Å². The van der Waals surface area contributed by atoms with E-state index in [1.165, 1.54) is 6.07 Å². The lowest BCUT2D eigenvalue weighted by Crippen LogP contribution is -2.26. The van der Waals surface area contributed by atoms with E-state index >= 15 is 0 Å². The van der Waals surface area contributed by atoms with Crippen molar-refractivity contribution in [3.8, 4) is 5.75 Å². The van der Waals surface area contributed by atoms with Crippen LogP contribution < -0.4 is 10.1 Å². The van der Waals surface area contributed by atoms with Gasteiger partial charge in [-0.3, -0.25) is 0 Å². The second-order valence-electron chi connectivity index (χ2n) is 3.69. The molecule has 0 saturated carbocycles. The van der Waals surface area contributed by atoms with E-state index in [4.69, 9.17) is 4.74 Å². The van der Waals surface area contributed by atoms with Gasteiger partial charge in [0.15, 0.2) is 0 Å². The molecular formula is C13H19F2NO2. The molecule has 1 aromatic rings. The van der Waals surface area contributed by atoms with Crippen LogP contribution in [0.15, 0.2) is 24.3 Å². The smallest absolute Gasteiger partial charge is 0.387 e. The minimum atomic E-state index is -2.82. The molecule has 0 radical (unpaired) electrons. The Morgan fingerprint density at radius 3 is 2.56 bits per heavy atom. The Morgan fingerprint density at radius 2 is 1.94 bits per heavy atom. The van der Waals surface area contributed by atoms with Crippen molar-refractivity contribution in [2.75, 3.05) is 19.8 Å². The summed E-state index contributed by atoms with van der Waals surface area (Å²) in [5, 5.41) is 3.20. The van der Waals surface area contributed by atoms with Crippen LogP contribution in [-0.4, -0.2) is 26.4 Å². The highest BCUT2D eigenvalue weighted by atomic mass is 19.3. The first-order chi connectivity index (χ1) is 8.69. The molecule has 0 fully saturated rings. The summed E-state index contributed by atoms with van der Waals surface area (Å²) < 4.78 is 34.5. The summed E-state index contributed by atoms with van der Waals surface area (Å²) in [5.74, 6) is 0.193. The summed E-state index contributed by atoms with van der Waals surface area (Å²) in [6.07, 6.45) is 0. The molecule has 0 amide bonds. The second kappa shape index (κ2) is 8.00. The molecule has 0 aromatic heterocycles. The Balaban J connectivity index is 2.87. The molecular weight excluding hydrogens is 240 g/mol. The molecule has 0 bridgehead atoms. The van der Waals surface area contributed by atoms with E-state index in [1.54, 1.807) is 18.2 Å². The Hall–Kier alpha value is -1.20. The molecule has 1 unspecified atom stereocenters. The van der Waals surface area contributed by atoms with Crippen molar-refractivity contribution in [1.82, 2.24) is 5.32 Å². The van der Waals surface area contributed by atoms with Gasteiger partial charge < -0.3 is 14.8 Å². The molecule has 3 nitrogen and oxygen atoms in total. The number of hydrogen-bond donors (Lipinski definition) is 1. The van der Waals surface area contributed by atoms with Crippen molar-refractivity contribution < 1.29 is 18.3 Å². The molecule has 102 valence electrons. The summed E-state index contributed by atoms with van der Waals surface area (Å²) in [4.78, 5) is 0. The highest BCUT2D eigenvalue weighted by Gasteiger charge is 2.17. The predicted molar refractivity (Wildman–Crippen MR) is 66.0 cm³/mol. The van der Waals surface area contributed by atoms with Gasteiger partial charge in [-0.05, 0) is 19.5 Å². The Kier molecular flexibility index (Phi) is 6.60. The van der Waals surface area contributed by atoms with E-state index in [-0.39, 0.29) is 11.8 Å². The lowest BCUT2D eigenvalue weighted by molar-refractivity contribution is -0.0510. The third-order valence-corrected chi connectivity index (χ3v) is 2.45. The Labute approximate surface area is 106 Å². The van der Waals surface area contributed by atoms with Gasteiger partial charge in [0, 0.05) is 12.2 Å². The van der Waals surface area contributed by atoms with Gasteiger partial charge in [-0.15, -0.1) is 0 Å². The van der Waals surface area contributed by atoms with Crippen molar-refractivity contribution >= 4 is 0 Å². The van der Waals surface area contributed by atoms with Gasteiger partial charge in [0.2, 0.25) is 0 Å². The number of alkyl halides is 2. The van der Waals surface area contributed by atoms with E-state index in [1.807, 2.05) is 13.8 Å². The Morgan fingerprint density at radius 1 is 1.22 bits per heavy atom. The van der Waals surface area contributed by atoms with E-state index in [9.17, 15) is 8.78 Å². The molecule has 1 rings (SSSR count). The molecule has 0 heterocycles. The van der Waals surface area contributed by atoms with Crippen molar-refractivity contribution in [2.45, 2.75) is 26.5 Å². The van der Waals surface area contributed by atoms with Crippen molar-refractivity contribution in [2.24, 2.45) is 0 Å². The summed E-state index contributed by atoms with van der Waals surface area (Å²) >= 11 is 0. The molecule has 1 aromatic carbocycles. The number of nitrogens with one attached hydrogen (secondary N) is 1. The normalized spacial score (nSPS) is 12.7. The van der Waals surface area contributed by atoms with Crippen LogP contribution in [0, 0.1) is 0 Å². The molecule has 18 heavy (non-hydrogen) atoms. The van der Waals surface area contributed by atoms with Gasteiger partial charge in [-0.2, -0.15) is 8.78 Å². The quantitative estimate of drug-likeness (QED) is 0.778. The maximum atomic E-state index is 12.3. The zero-order chi connectivity index (χ0) is 13.4. The maximum Gasteiger partial charge on any atom is 0.387 e. The highest BCUT2D eigenvalue weighted by Crippen LogP contribution is 2.26. The van der Waals surface area contributed by atoms with Crippen LogP contribution in [0.3, 0.4) is 0 Å². The standard InChI is InChI=1S/C13H19F2NO2/c1-3-16-11(9-17-4-2)10-7-5-6-8-12(10)18-13(14)15/h5-8,11,13,16H,3-4,9H2,1-2H3.